The fourth-order valence-corrected chi connectivity index (χ4v) is 2.20. The van der Waals surface area contributed by atoms with Gasteiger partial charge in [-0.05, 0) is 24.6 Å². The predicted octanol–water partition coefficient (Wildman–Crippen LogP) is 2.70. The molecule has 19 heavy (non-hydrogen) atoms. The SMILES string of the molecule is CCCNC(c1cccc(F)c1Cl)c1cnnn1C. The van der Waals surface area contributed by atoms with Crippen molar-refractivity contribution in [3.8, 4) is 0 Å². The fraction of sp³-hybridized carbons (Fsp3) is 0.385. The molecule has 1 atom stereocenters. The lowest BCUT2D eigenvalue weighted by atomic mass is 10.0. The number of nitrogens with one attached hydrogen (secondary N) is 1. The molecule has 2 aromatic rings. The average molecular weight is 283 g/mol. The van der Waals surface area contributed by atoms with Gasteiger partial charge >= 0.3 is 0 Å². The molecule has 1 aromatic carbocycles. The van der Waals surface area contributed by atoms with Crippen molar-refractivity contribution in [3.63, 3.8) is 0 Å². The Labute approximate surface area is 116 Å². The van der Waals surface area contributed by atoms with Gasteiger partial charge in [-0.3, -0.25) is 4.68 Å². The standard InChI is InChI=1S/C13H16ClFN4/c1-3-7-16-13(11-8-17-18-19(11)2)9-5-4-6-10(15)12(9)14/h4-6,8,13,16H,3,7H2,1-2H3. The molecule has 0 saturated heterocycles. The van der Waals surface area contributed by atoms with Gasteiger partial charge in [0.1, 0.15) is 5.82 Å². The van der Waals surface area contributed by atoms with Crippen molar-refractivity contribution in [2.75, 3.05) is 6.54 Å². The smallest absolute Gasteiger partial charge is 0.142 e. The zero-order valence-corrected chi connectivity index (χ0v) is 11.7. The number of halogens is 2. The molecule has 0 aliphatic heterocycles. The lowest BCUT2D eigenvalue weighted by Gasteiger charge is -2.20. The lowest BCUT2D eigenvalue weighted by molar-refractivity contribution is 0.545. The highest BCUT2D eigenvalue weighted by molar-refractivity contribution is 6.31. The molecule has 0 amide bonds. The van der Waals surface area contributed by atoms with E-state index in [0.717, 1.165) is 18.7 Å². The van der Waals surface area contributed by atoms with Crippen LogP contribution in [0, 0.1) is 5.82 Å². The first kappa shape index (κ1) is 14.0. The molecule has 0 fully saturated rings. The largest absolute Gasteiger partial charge is 0.305 e. The maximum atomic E-state index is 13.6. The van der Waals surface area contributed by atoms with Gasteiger partial charge in [0.25, 0.3) is 0 Å². The third-order valence-electron chi connectivity index (χ3n) is 2.94. The van der Waals surface area contributed by atoms with Crippen molar-refractivity contribution in [1.82, 2.24) is 20.3 Å². The maximum Gasteiger partial charge on any atom is 0.142 e. The molecule has 0 aliphatic carbocycles. The van der Waals surface area contributed by atoms with Crippen LogP contribution in [0.15, 0.2) is 24.4 Å². The summed E-state index contributed by atoms with van der Waals surface area (Å²) in [5, 5.41) is 11.3. The molecule has 102 valence electrons. The van der Waals surface area contributed by atoms with Crippen LogP contribution in [0.1, 0.15) is 30.6 Å². The number of nitrogens with zero attached hydrogens (tertiary/aromatic N) is 3. The molecule has 0 radical (unpaired) electrons. The summed E-state index contributed by atoms with van der Waals surface area (Å²) in [6.07, 6.45) is 2.63. The van der Waals surface area contributed by atoms with Crippen molar-refractivity contribution >= 4 is 11.6 Å². The van der Waals surface area contributed by atoms with E-state index in [1.165, 1.54) is 6.07 Å². The van der Waals surface area contributed by atoms with E-state index in [0.29, 0.717) is 5.56 Å². The summed E-state index contributed by atoms with van der Waals surface area (Å²) in [7, 11) is 1.80. The number of hydrogen-bond donors (Lipinski definition) is 1. The van der Waals surface area contributed by atoms with Gasteiger partial charge in [0.15, 0.2) is 0 Å². The first-order chi connectivity index (χ1) is 9.15. The lowest BCUT2D eigenvalue weighted by Crippen LogP contribution is -2.25. The Bertz CT molecular complexity index is 555. The minimum Gasteiger partial charge on any atom is -0.305 e. The summed E-state index contributed by atoms with van der Waals surface area (Å²) in [5.74, 6) is -0.419. The second kappa shape index (κ2) is 6.12. The number of aryl methyl sites for hydroxylation is 1. The van der Waals surface area contributed by atoms with E-state index in [9.17, 15) is 4.39 Å². The predicted molar refractivity (Wildman–Crippen MR) is 72.5 cm³/mol. The van der Waals surface area contributed by atoms with Crippen molar-refractivity contribution < 1.29 is 4.39 Å². The van der Waals surface area contributed by atoms with E-state index in [4.69, 9.17) is 11.6 Å². The highest BCUT2D eigenvalue weighted by atomic mass is 35.5. The zero-order valence-electron chi connectivity index (χ0n) is 10.9. The van der Waals surface area contributed by atoms with Crippen LogP contribution in [-0.2, 0) is 7.05 Å². The Morgan fingerprint density at radius 1 is 1.47 bits per heavy atom. The van der Waals surface area contributed by atoms with Gasteiger partial charge in [-0.25, -0.2) is 4.39 Å². The van der Waals surface area contributed by atoms with Crippen molar-refractivity contribution in [1.29, 1.82) is 0 Å². The minimum absolute atomic E-state index is 0.136. The average Bonchev–Trinajstić information content (AvgIpc) is 2.81. The van der Waals surface area contributed by atoms with Crippen LogP contribution in [0.2, 0.25) is 5.02 Å². The van der Waals surface area contributed by atoms with Gasteiger partial charge < -0.3 is 5.32 Å². The summed E-state index contributed by atoms with van der Waals surface area (Å²) < 4.78 is 15.3. The molecule has 0 spiro atoms. The van der Waals surface area contributed by atoms with Crippen LogP contribution >= 0.6 is 11.6 Å². The minimum atomic E-state index is -0.419. The zero-order chi connectivity index (χ0) is 13.8. The number of rotatable bonds is 5. The summed E-state index contributed by atoms with van der Waals surface area (Å²) in [6.45, 7) is 2.86. The molecule has 6 heteroatoms. The van der Waals surface area contributed by atoms with Gasteiger partial charge in [0.2, 0.25) is 0 Å². The van der Waals surface area contributed by atoms with E-state index in [1.807, 2.05) is 6.07 Å². The molecule has 1 heterocycles. The van der Waals surface area contributed by atoms with Crippen LogP contribution in [0.4, 0.5) is 4.39 Å². The van der Waals surface area contributed by atoms with E-state index in [-0.39, 0.29) is 11.1 Å². The molecule has 0 bridgehead atoms. The van der Waals surface area contributed by atoms with Crippen LogP contribution in [0.5, 0.6) is 0 Å². The highest BCUT2D eigenvalue weighted by Gasteiger charge is 2.21. The molecule has 1 unspecified atom stereocenters. The van der Waals surface area contributed by atoms with E-state index in [2.05, 4.69) is 22.6 Å². The second-order valence-electron chi connectivity index (χ2n) is 4.31. The van der Waals surface area contributed by atoms with Gasteiger partial charge in [-0.2, -0.15) is 0 Å². The Kier molecular flexibility index (Phi) is 4.50. The van der Waals surface area contributed by atoms with Crippen molar-refractivity contribution in [3.05, 3.63) is 46.5 Å². The topological polar surface area (TPSA) is 42.7 Å². The van der Waals surface area contributed by atoms with Gasteiger partial charge in [-0.1, -0.05) is 35.9 Å². The summed E-state index contributed by atoms with van der Waals surface area (Å²) in [4.78, 5) is 0. The molecule has 1 aromatic heterocycles. The Balaban J connectivity index is 2.43. The molecular weight excluding hydrogens is 267 g/mol. The molecule has 1 N–H and O–H groups in total. The van der Waals surface area contributed by atoms with Gasteiger partial charge in [0, 0.05) is 7.05 Å². The summed E-state index contributed by atoms with van der Waals surface area (Å²) >= 11 is 6.07. The monoisotopic (exact) mass is 282 g/mol. The third-order valence-corrected chi connectivity index (χ3v) is 3.33. The Morgan fingerprint density at radius 3 is 2.89 bits per heavy atom. The maximum absolute atomic E-state index is 13.6. The molecular formula is C13H16ClFN4. The second-order valence-corrected chi connectivity index (χ2v) is 4.69. The molecule has 2 rings (SSSR count). The Morgan fingerprint density at radius 2 is 2.26 bits per heavy atom. The highest BCUT2D eigenvalue weighted by Crippen LogP contribution is 2.29. The van der Waals surface area contributed by atoms with Crippen LogP contribution in [0.25, 0.3) is 0 Å². The van der Waals surface area contributed by atoms with E-state index < -0.39 is 5.82 Å². The third kappa shape index (κ3) is 2.93. The summed E-state index contributed by atoms with van der Waals surface area (Å²) in [6, 6.07) is 4.60. The first-order valence-electron chi connectivity index (χ1n) is 6.17. The van der Waals surface area contributed by atoms with Crippen molar-refractivity contribution in [2.24, 2.45) is 7.05 Å². The Hall–Kier alpha value is -1.46. The molecule has 0 aliphatic rings. The van der Waals surface area contributed by atoms with Crippen LogP contribution in [-0.4, -0.2) is 21.5 Å². The van der Waals surface area contributed by atoms with Crippen LogP contribution in [0.3, 0.4) is 0 Å². The van der Waals surface area contributed by atoms with Gasteiger partial charge in [-0.15, -0.1) is 5.10 Å². The van der Waals surface area contributed by atoms with Gasteiger partial charge in [0.05, 0.1) is 23.0 Å². The normalized spacial score (nSPS) is 12.6. The molecule has 0 saturated carbocycles. The number of hydrogen-bond acceptors (Lipinski definition) is 3. The van der Waals surface area contributed by atoms with E-state index in [1.54, 1.807) is 24.0 Å². The number of aromatic nitrogens is 3. The van der Waals surface area contributed by atoms with Crippen LogP contribution < -0.4 is 5.32 Å². The number of benzene rings is 1. The summed E-state index contributed by atoms with van der Waals surface area (Å²) in [5.41, 5.74) is 1.54. The van der Waals surface area contributed by atoms with Crippen molar-refractivity contribution in [2.45, 2.75) is 19.4 Å². The first-order valence-corrected chi connectivity index (χ1v) is 6.54. The molecule has 4 nitrogen and oxygen atoms in total. The fourth-order valence-electron chi connectivity index (χ4n) is 1.96. The van der Waals surface area contributed by atoms with E-state index >= 15 is 0 Å². The quantitative estimate of drug-likeness (QED) is 0.917.